The number of anilines is 1. The second kappa shape index (κ2) is 7.98. The first kappa shape index (κ1) is 15.8. The Morgan fingerprint density at radius 1 is 1.43 bits per heavy atom. The van der Waals surface area contributed by atoms with Crippen LogP contribution in [0.3, 0.4) is 0 Å². The summed E-state index contributed by atoms with van der Waals surface area (Å²) < 4.78 is 5.35. The fourth-order valence-electron chi connectivity index (χ4n) is 2.50. The van der Waals surface area contributed by atoms with Gasteiger partial charge in [-0.05, 0) is 37.3 Å². The highest BCUT2D eigenvalue weighted by molar-refractivity contribution is 5.93. The van der Waals surface area contributed by atoms with E-state index < -0.39 is 0 Å². The Bertz CT molecular complexity index is 441. The monoisotopic (exact) mass is 291 g/mol. The Morgan fingerprint density at radius 2 is 2.19 bits per heavy atom. The Morgan fingerprint density at radius 3 is 2.81 bits per heavy atom. The SMILES string of the molecule is CCCNc1ccc(C(=O)N(C)CC2CCOCC2)cn1. The molecule has 5 heteroatoms. The van der Waals surface area contributed by atoms with Crippen molar-refractivity contribution in [2.45, 2.75) is 26.2 Å². The van der Waals surface area contributed by atoms with Crippen LogP contribution in [0.25, 0.3) is 0 Å². The van der Waals surface area contributed by atoms with Crippen LogP contribution in [0.4, 0.5) is 5.82 Å². The molecule has 0 spiro atoms. The molecule has 0 radical (unpaired) electrons. The van der Waals surface area contributed by atoms with Gasteiger partial charge in [-0.1, -0.05) is 6.92 Å². The molecule has 0 aromatic carbocycles. The minimum Gasteiger partial charge on any atom is -0.381 e. The fraction of sp³-hybridized carbons (Fsp3) is 0.625. The zero-order valence-corrected chi connectivity index (χ0v) is 13.0. The van der Waals surface area contributed by atoms with Gasteiger partial charge >= 0.3 is 0 Å². The number of carbonyl (C=O) groups is 1. The van der Waals surface area contributed by atoms with E-state index in [2.05, 4.69) is 17.2 Å². The van der Waals surface area contributed by atoms with Crippen LogP contribution >= 0.6 is 0 Å². The largest absolute Gasteiger partial charge is 0.381 e. The van der Waals surface area contributed by atoms with E-state index in [1.54, 1.807) is 11.1 Å². The lowest BCUT2D eigenvalue weighted by atomic mass is 10.00. The van der Waals surface area contributed by atoms with E-state index in [1.165, 1.54) is 0 Å². The van der Waals surface area contributed by atoms with Crippen molar-refractivity contribution in [3.05, 3.63) is 23.9 Å². The van der Waals surface area contributed by atoms with Gasteiger partial charge in [0.25, 0.3) is 5.91 Å². The summed E-state index contributed by atoms with van der Waals surface area (Å²) in [6.07, 6.45) is 4.78. The predicted molar refractivity (Wildman–Crippen MR) is 83.5 cm³/mol. The molecule has 1 aromatic rings. The molecule has 2 rings (SSSR count). The number of aromatic nitrogens is 1. The van der Waals surface area contributed by atoms with Gasteiger partial charge in [0.15, 0.2) is 0 Å². The van der Waals surface area contributed by atoms with Crippen LogP contribution in [-0.2, 0) is 4.74 Å². The first-order valence-corrected chi connectivity index (χ1v) is 7.74. The maximum atomic E-state index is 12.4. The molecule has 0 saturated carbocycles. The third kappa shape index (κ3) is 4.70. The molecule has 1 amide bonds. The smallest absolute Gasteiger partial charge is 0.255 e. The van der Waals surface area contributed by atoms with Gasteiger partial charge < -0.3 is 15.0 Å². The molecule has 0 atom stereocenters. The summed E-state index contributed by atoms with van der Waals surface area (Å²) in [5.74, 6) is 1.41. The molecule has 1 aliphatic rings. The quantitative estimate of drug-likeness (QED) is 0.874. The van der Waals surface area contributed by atoms with E-state index >= 15 is 0 Å². The van der Waals surface area contributed by atoms with Crippen LogP contribution in [0, 0.1) is 5.92 Å². The van der Waals surface area contributed by atoms with Gasteiger partial charge in [0.05, 0.1) is 5.56 Å². The van der Waals surface area contributed by atoms with Crippen molar-refractivity contribution in [2.75, 3.05) is 38.7 Å². The number of nitrogens with one attached hydrogen (secondary N) is 1. The highest BCUT2D eigenvalue weighted by Crippen LogP contribution is 2.17. The summed E-state index contributed by atoms with van der Waals surface area (Å²) >= 11 is 0. The number of carbonyl (C=O) groups excluding carboxylic acids is 1. The van der Waals surface area contributed by atoms with Crippen LogP contribution < -0.4 is 5.32 Å². The molecule has 1 saturated heterocycles. The van der Waals surface area contributed by atoms with Crippen LogP contribution in [0.2, 0.25) is 0 Å². The van der Waals surface area contributed by atoms with Crippen molar-refractivity contribution < 1.29 is 9.53 Å². The lowest BCUT2D eigenvalue weighted by Crippen LogP contribution is -2.34. The van der Waals surface area contributed by atoms with Crippen LogP contribution in [-0.4, -0.2) is 49.1 Å². The summed E-state index contributed by atoms with van der Waals surface area (Å²) in [4.78, 5) is 18.5. The topological polar surface area (TPSA) is 54.5 Å². The lowest BCUT2D eigenvalue weighted by molar-refractivity contribution is 0.0497. The lowest BCUT2D eigenvalue weighted by Gasteiger charge is -2.27. The average molecular weight is 291 g/mol. The van der Waals surface area contributed by atoms with Gasteiger partial charge in [-0.25, -0.2) is 4.98 Å². The zero-order chi connectivity index (χ0) is 15.1. The molecule has 5 nitrogen and oxygen atoms in total. The van der Waals surface area contributed by atoms with E-state index in [1.807, 2.05) is 19.2 Å². The Balaban J connectivity index is 1.88. The summed E-state index contributed by atoms with van der Waals surface area (Å²) in [7, 11) is 1.86. The number of ether oxygens (including phenoxy) is 1. The summed E-state index contributed by atoms with van der Waals surface area (Å²) in [5.41, 5.74) is 0.645. The van der Waals surface area contributed by atoms with E-state index in [9.17, 15) is 4.79 Å². The zero-order valence-electron chi connectivity index (χ0n) is 13.0. The Kier molecular flexibility index (Phi) is 5.99. The molecule has 116 valence electrons. The first-order chi connectivity index (χ1) is 10.2. The van der Waals surface area contributed by atoms with Crippen molar-refractivity contribution >= 4 is 11.7 Å². The average Bonchev–Trinajstić information content (AvgIpc) is 2.53. The maximum absolute atomic E-state index is 12.4. The van der Waals surface area contributed by atoms with Gasteiger partial charge in [-0.2, -0.15) is 0 Å². The van der Waals surface area contributed by atoms with Crippen molar-refractivity contribution in [2.24, 2.45) is 5.92 Å². The van der Waals surface area contributed by atoms with Gasteiger partial charge in [0.1, 0.15) is 5.82 Å². The normalized spacial score (nSPS) is 15.7. The summed E-state index contributed by atoms with van der Waals surface area (Å²) in [6, 6.07) is 3.71. The van der Waals surface area contributed by atoms with E-state index in [-0.39, 0.29) is 5.91 Å². The molecular weight excluding hydrogens is 266 g/mol. The first-order valence-electron chi connectivity index (χ1n) is 7.74. The molecule has 0 bridgehead atoms. The maximum Gasteiger partial charge on any atom is 0.255 e. The molecule has 0 unspecified atom stereocenters. The summed E-state index contributed by atoms with van der Waals surface area (Å²) in [6.45, 7) is 5.41. The Hall–Kier alpha value is -1.62. The number of amides is 1. The highest BCUT2D eigenvalue weighted by Gasteiger charge is 2.19. The molecule has 1 fully saturated rings. The van der Waals surface area contributed by atoms with Gasteiger partial charge in [-0.15, -0.1) is 0 Å². The van der Waals surface area contributed by atoms with Crippen molar-refractivity contribution in [1.29, 1.82) is 0 Å². The second-order valence-electron chi connectivity index (χ2n) is 5.60. The number of nitrogens with zero attached hydrogens (tertiary/aromatic N) is 2. The molecular formula is C16H25N3O2. The molecule has 1 aromatic heterocycles. The highest BCUT2D eigenvalue weighted by atomic mass is 16.5. The van der Waals surface area contributed by atoms with Gasteiger partial charge in [0.2, 0.25) is 0 Å². The second-order valence-corrected chi connectivity index (χ2v) is 5.60. The number of hydrogen-bond donors (Lipinski definition) is 1. The number of hydrogen-bond acceptors (Lipinski definition) is 4. The van der Waals surface area contributed by atoms with E-state index in [0.29, 0.717) is 11.5 Å². The predicted octanol–water partition coefficient (Wildman–Crippen LogP) is 2.40. The van der Waals surface area contributed by atoms with Gasteiger partial charge in [-0.3, -0.25) is 4.79 Å². The third-order valence-electron chi connectivity index (χ3n) is 3.79. The van der Waals surface area contributed by atoms with Crippen LogP contribution in [0.15, 0.2) is 18.3 Å². The number of pyridine rings is 1. The van der Waals surface area contributed by atoms with Crippen LogP contribution in [0.5, 0.6) is 0 Å². The van der Waals surface area contributed by atoms with Crippen molar-refractivity contribution in [3.8, 4) is 0 Å². The van der Waals surface area contributed by atoms with Gasteiger partial charge in [0, 0.05) is 39.5 Å². The van der Waals surface area contributed by atoms with E-state index in [0.717, 1.165) is 51.4 Å². The molecule has 2 heterocycles. The molecule has 1 aliphatic heterocycles. The fourth-order valence-corrected chi connectivity index (χ4v) is 2.50. The minimum atomic E-state index is 0.0380. The van der Waals surface area contributed by atoms with Crippen molar-refractivity contribution in [1.82, 2.24) is 9.88 Å². The summed E-state index contributed by atoms with van der Waals surface area (Å²) in [5, 5.41) is 3.21. The molecule has 1 N–H and O–H groups in total. The third-order valence-corrected chi connectivity index (χ3v) is 3.79. The van der Waals surface area contributed by atoms with Crippen molar-refractivity contribution in [3.63, 3.8) is 0 Å². The molecule has 21 heavy (non-hydrogen) atoms. The molecule has 0 aliphatic carbocycles. The standard InChI is InChI=1S/C16H25N3O2/c1-3-8-17-15-5-4-14(11-18-15)16(20)19(2)12-13-6-9-21-10-7-13/h4-5,11,13H,3,6-10,12H2,1-2H3,(H,17,18). The number of rotatable bonds is 6. The van der Waals surface area contributed by atoms with Crippen LogP contribution in [0.1, 0.15) is 36.5 Å². The van der Waals surface area contributed by atoms with E-state index in [4.69, 9.17) is 4.74 Å². The Labute approximate surface area is 126 Å². The minimum absolute atomic E-state index is 0.0380.